The molecule has 5 heteroatoms. The number of hydrogen-bond acceptors (Lipinski definition) is 3. The van der Waals surface area contributed by atoms with Gasteiger partial charge in [-0.2, -0.15) is 5.10 Å². The van der Waals surface area contributed by atoms with E-state index in [0.29, 0.717) is 11.5 Å². The van der Waals surface area contributed by atoms with Crippen LogP contribution in [0.2, 0.25) is 0 Å². The van der Waals surface area contributed by atoms with E-state index in [0.717, 1.165) is 42.8 Å². The first-order valence-corrected chi connectivity index (χ1v) is 9.37. The van der Waals surface area contributed by atoms with Gasteiger partial charge in [-0.05, 0) is 75.3 Å². The van der Waals surface area contributed by atoms with Crippen molar-refractivity contribution in [1.82, 2.24) is 9.78 Å². The molecule has 1 aliphatic carbocycles. The highest BCUT2D eigenvalue weighted by molar-refractivity contribution is 5.97. The van der Waals surface area contributed by atoms with E-state index in [4.69, 9.17) is 0 Å². The molecule has 0 aliphatic heterocycles. The van der Waals surface area contributed by atoms with Crippen LogP contribution in [-0.4, -0.2) is 21.6 Å². The summed E-state index contributed by atoms with van der Waals surface area (Å²) in [5.74, 6) is 0.709. The second-order valence-electron chi connectivity index (χ2n) is 7.64. The molecule has 0 spiro atoms. The Balaban J connectivity index is 1.74. The number of rotatable bonds is 6. The Morgan fingerprint density at radius 3 is 2.42 bits per heavy atom. The van der Waals surface area contributed by atoms with Crippen LogP contribution < -0.4 is 5.32 Å². The van der Waals surface area contributed by atoms with Gasteiger partial charge in [-0.3, -0.25) is 9.59 Å². The second kappa shape index (κ2) is 7.44. The number of nitrogens with zero attached hydrogens (tertiary/aromatic N) is 2. The largest absolute Gasteiger partial charge is 0.326 e. The first-order valence-electron chi connectivity index (χ1n) is 9.37. The number of carbonyl (C=O) groups is 2. The van der Waals surface area contributed by atoms with E-state index in [9.17, 15) is 9.59 Å². The Bertz CT molecular complexity index is 815. The minimum absolute atomic E-state index is 0.0671. The maximum absolute atomic E-state index is 12.8. The van der Waals surface area contributed by atoms with Crippen molar-refractivity contribution in [3.05, 3.63) is 46.8 Å². The quantitative estimate of drug-likeness (QED) is 0.849. The topological polar surface area (TPSA) is 64.0 Å². The lowest BCUT2D eigenvalue weighted by molar-refractivity contribution is -0.117. The zero-order valence-corrected chi connectivity index (χ0v) is 16.0. The molecule has 0 atom stereocenters. The Kier molecular flexibility index (Phi) is 5.25. The van der Waals surface area contributed by atoms with E-state index in [1.807, 2.05) is 13.8 Å². The van der Waals surface area contributed by atoms with Gasteiger partial charge in [0.15, 0.2) is 0 Å². The van der Waals surface area contributed by atoms with Gasteiger partial charge in [0, 0.05) is 22.9 Å². The normalized spacial score (nSPS) is 13.9. The van der Waals surface area contributed by atoms with Gasteiger partial charge >= 0.3 is 0 Å². The lowest BCUT2D eigenvalue weighted by Gasteiger charge is -2.08. The third-order valence-electron chi connectivity index (χ3n) is 4.95. The fourth-order valence-corrected chi connectivity index (χ4v) is 3.08. The lowest BCUT2D eigenvalue weighted by Crippen LogP contribution is -2.16. The molecule has 2 aromatic rings. The van der Waals surface area contributed by atoms with Crippen molar-refractivity contribution >= 4 is 17.5 Å². The Labute approximate surface area is 154 Å². The number of hydrogen-bond donors (Lipinski definition) is 1. The van der Waals surface area contributed by atoms with Gasteiger partial charge in [0.25, 0.3) is 5.91 Å². The van der Waals surface area contributed by atoms with E-state index in [2.05, 4.69) is 24.3 Å². The molecule has 0 radical (unpaired) electrons. The number of benzene rings is 1. The van der Waals surface area contributed by atoms with Crippen LogP contribution in [0.3, 0.4) is 0 Å². The summed E-state index contributed by atoms with van der Waals surface area (Å²) in [6.45, 7) is 8.31. The first kappa shape index (κ1) is 18.4. The number of aryl methyl sites for hydroxylation is 1. The predicted molar refractivity (Wildman–Crippen MR) is 102 cm³/mol. The van der Waals surface area contributed by atoms with Gasteiger partial charge in [0.2, 0.25) is 5.91 Å². The van der Waals surface area contributed by atoms with Crippen molar-refractivity contribution in [2.75, 3.05) is 5.32 Å². The van der Waals surface area contributed by atoms with E-state index < -0.39 is 0 Å². The zero-order chi connectivity index (χ0) is 18.8. The van der Waals surface area contributed by atoms with Crippen LogP contribution in [0.5, 0.6) is 0 Å². The van der Waals surface area contributed by atoms with Crippen molar-refractivity contribution in [2.24, 2.45) is 11.8 Å². The summed E-state index contributed by atoms with van der Waals surface area (Å²) in [4.78, 5) is 24.7. The molecular formula is C21H27N3O2. The average Bonchev–Trinajstić information content (AvgIpc) is 3.40. The van der Waals surface area contributed by atoms with Crippen LogP contribution >= 0.6 is 0 Å². The van der Waals surface area contributed by atoms with E-state index in [-0.39, 0.29) is 17.7 Å². The van der Waals surface area contributed by atoms with E-state index in [1.165, 1.54) is 10.2 Å². The molecule has 1 fully saturated rings. The van der Waals surface area contributed by atoms with Crippen molar-refractivity contribution in [2.45, 2.75) is 53.4 Å². The molecule has 1 aromatic carbocycles. The highest BCUT2D eigenvalue weighted by Crippen LogP contribution is 2.30. The average molecular weight is 353 g/mol. The maximum atomic E-state index is 12.8. The number of nitrogens with one attached hydrogen (secondary N) is 1. The fraction of sp³-hybridized carbons (Fsp3) is 0.476. The third kappa shape index (κ3) is 4.03. The van der Waals surface area contributed by atoms with Crippen LogP contribution in [0.1, 0.15) is 60.4 Å². The monoisotopic (exact) mass is 353 g/mol. The van der Waals surface area contributed by atoms with Gasteiger partial charge in [-0.25, -0.2) is 4.68 Å². The summed E-state index contributed by atoms with van der Waals surface area (Å²) in [7, 11) is 0. The van der Waals surface area contributed by atoms with Gasteiger partial charge < -0.3 is 5.32 Å². The summed E-state index contributed by atoms with van der Waals surface area (Å²) in [6.07, 6.45) is 3.96. The summed E-state index contributed by atoms with van der Waals surface area (Å²) in [6, 6.07) is 7.04. The van der Waals surface area contributed by atoms with E-state index >= 15 is 0 Å². The molecule has 1 saturated carbocycles. The number of amides is 1. The summed E-state index contributed by atoms with van der Waals surface area (Å²) >= 11 is 0. The van der Waals surface area contributed by atoms with Gasteiger partial charge in [0.05, 0.1) is 5.69 Å². The molecule has 1 amide bonds. The Hall–Kier alpha value is -2.43. The number of carbonyl (C=O) groups excluding carboxylic acids is 2. The van der Waals surface area contributed by atoms with Crippen molar-refractivity contribution in [3.63, 3.8) is 0 Å². The van der Waals surface area contributed by atoms with Crippen LogP contribution in [0.25, 0.3) is 0 Å². The summed E-state index contributed by atoms with van der Waals surface area (Å²) in [5.41, 5.74) is 4.30. The van der Waals surface area contributed by atoms with Gasteiger partial charge in [-0.1, -0.05) is 13.8 Å². The van der Waals surface area contributed by atoms with Crippen molar-refractivity contribution in [1.29, 1.82) is 0 Å². The van der Waals surface area contributed by atoms with Crippen LogP contribution in [0.15, 0.2) is 24.3 Å². The minimum atomic E-state index is -0.138. The maximum Gasteiger partial charge on any atom is 0.278 e. The van der Waals surface area contributed by atoms with Crippen molar-refractivity contribution in [3.8, 4) is 0 Å². The zero-order valence-electron chi connectivity index (χ0n) is 16.0. The molecule has 1 aromatic heterocycles. The smallest absolute Gasteiger partial charge is 0.278 e. The molecule has 1 aliphatic rings. The standard InChI is InChI=1S/C21H27N3O2/c1-13(2)5-12-19-14(3)23-24(15(19)4)21(26)17-8-10-18(11-9-17)22-20(25)16-6-7-16/h8-11,13,16H,5-7,12H2,1-4H3,(H,22,25). The van der Waals surface area contributed by atoms with Crippen LogP contribution in [0, 0.1) is 25.7 Å². The second-order valence-corrected chi connectivity index (χ2v) is 7.64. The molecule has 1 N–H and O–H groups in total. The number of aromatic nitrogens is 2. The Morgan fingerprint density at radius 1 is 1.19 bits per heavy atom. The highest BCUT2D eigenvalue weighted by atomic mass is 16.2. The number of anilines is 1. The molecule has 0 bridgehead atoms. The molecule has 0 unspecified atom stereocenters. The van der Waals surface area contributed by atoms with E-state index in [1.54, 1.807) is 24.3 Å². The summed E-state index contributed by atoms with van der Waals surface area (Å²) < 4.78 is 1.50. The molecule has 26 heavy (non-hydrogen) atoms. The minimum Gasteiger partial charge on any atom is -0.326 e. The fourth-order valence-electron chi connectivity index (χ4n) is 3.08. The highest BCUT2D eigenvalue weighted by Gasteiger charge is 2.29. The third-order valence-corrected chi connectivity index (χ3v) is 4.95. The Morgan fingerprint density at radius 2 is 1.85 bits per heavy atom. The van der Waals surface area contributed by atoms with Crippen LogP contribution in [0.4, 0.5) is 5.69 Å². The first-order chi connectivity index (χ1) is 12.4. The SMILES string of the molecule is Cc1nn(C(=O)c2ccc(NC(=O)C3CC3)cc2)c(C)c1CCC(C)C. The van der Waals surface area contributed by atoms with Crippen molar-refractivity contribution < 1.29 is 9.59 Å². The summed E-state index contributed by atoms with van der Waals surface area (Å²) in [5, 5.41) is 7.35. The molecule has 138 valence electrons. The predicted octanol–water partition coefficient (Wildman–Crippen LogP) is 4.13. The molecular weight excluding hydrogens is 326 g/mol. The molecule has 3 rings (SSSR count). The van der Waals surface area contributed by atoms with Gasteiger partial charge in [0.1, 0.15) is 0 Å². The van der Waals surface area contributed by atoms with Gasteiger partial charge in [-0.15, -0.1) is 0 Å². The molecule has 0 saturated heterocycles. The van der Waals surface area contributed by atoms with Crippen LogP contribution in [-0.2, 0) is 11.2 Å². The lowest BCUT2D eigenvalue weighted by atomic mass is 10.0. The molecule has 1 heterocycles. The molecule has 5 nitrogen and oxygen atoms in total.